The summed E-state index contributed by atoms with van der Waals surface area (Å²) in [7, 11) is 0. The molecule has 0 aromatic rings. The van der Waals surface area contributed by atoms with Gasteiger partial charge in [-0.1, -0.05) is 38.0 Å². The molecule has 1 aliphatic carbocycles. The average Bonchev–Trinajstić information content (AvgIpc) is 2.37. The van der Waals surface area contributed by atoms with Crippen LogP contribution in [-0.2, 0) is 9.53 Å². The Kier molecular flexibility index (Phi) is 5.46. The SMILES string of the molecule is C=CCOC(=O)C(C)(CC=C)C1CCCCC1. The summed E-state index contributed by atoms with van der Waals surface area (Å²) < 4.78 is 5.26. The van der Waals surface area contributed by atoms with Crippen LogP contribution in [0.3, 0.4) is 0 Å². The summed E-state index contributed by atoms with van der Waals surface area (Å²) >= 11 is 0. The molecule has 0 aromatic carbocycles. The first-order valence-corrected chi connectivity index (χ1v) is 6.54. The van der Waals surface area contributed by atoms with Crippen LogP contribution in [0.5, 0.6) is 0 Å². The zero-order chi connectivity index (χ0) is 12.7. The summed E-state index contributed by atoms with van der Waals surface area (Å²) in [4.78, 5) is 12.2. The molecule has 2 nitrogen and oxygen atoms in total. The van der Waals surface area contributed by atoms with E-state index in [9.17, 15) is 4.79 Å². The zero-order valence-electron chi connectivity index (χ0n) is 10.9. The Morgan fingerprint density at radius 1 is 1.29 bits per heavy atom. The summed E-state index contributed by atoms with van der Waals surface area (Å²) in [5, 5.41) is 0. The van der Waals surface area contributed by atoms with Gasteiger partial charge < -0.3 is 4.74 Å². The quantitative estimate of drug-likeness (QED) is 0.517. The Bertz CT molecular complexity index is 277. The number of hydrogen-bond donors (Lipinski definition) is 0. The van der Waals surface area contributed by atoms with Crippen LogP contribution >= 0.6 is 0 Å². The van der Waals surface area contributed by atoms with Gasteiger partial charge in [-0.05, 0) is 32.1 Å². The summed E-state index contributed by atoms with van der Waals surface area (Å²) in [6, 6.07) is 0. The average molecular weight is 236 g/mol. The van der Waals surface area contributed by atoms with Gasteiger partial charge >= 0.3 is 5.97 Å². The summed E-state index contributed by atoms with van der Waals surface area (Å²) in [5.74, 6) is 0.343. The number of ether oxygens (including phenoxy) is 1. The lowest BCUT2D eigenvalue weighted by molar-refractivity contribution is -0.157. The van der Waals surface area contributed by atoms with Crippen LogP contribution in [0.25, 0.3) is 0 Å². The fraction of sp³-hybridized carbons (Fsp3) is 0.667. The molecule has 0 amide bonds. The third-order valence-corrected chi connectivity index (χ3v) is 3.87. The molecule has 1 fully saturated rings. The van der Waals surface area contributed by atoms with Crippen molar-refractivity contribution < 1.29 is 9.53 Å². The van der Waals surface area contributed by atoms with Gasteiger partial charge in [0.1, 0.15) is 6.61 Å². The molecular weight excluding hydrogens is 212 g/mol. The van der Waals surface area contributed by atoms with Gasteiger partial charge in [0, 0.05) is 0 Å². The summed E-state index contributed by atoms with van der Waals surface area (Å²) in [6.07, 6.45) is 10.2. The van der Waals surface area contributed by atoms with Gasteiger partial charge in [0.05, 0.1) is 5.41 Å². The molecule has 0 aromatic heterocycles. The third kappa shape index (κ3) is 3.45. The first-order valence-electron chi connectivity index (χ1n) is 6.54. The molecule has 1 rings (SSSR count). The summed E-state index contributed by atoms with van der Waals surface area (Å²) in [6.45, 7) is 9.68. The first kappa shape index (κ1) is 14.0. The molecule has 0 spiro atoms. The second-order valence-corrected chi connectivity index (χ2v) is 5.13. The molecule has 2 heteroatoms. The number of hydrogen-bond acceptors (Lipinski definition) is 2. The molecule has 0 radical (unpaired) electrons. The van der Waals surface area contributed by atoms with Crippen molar-refractivity contribution in [1.82, 2.24) is 0 Å². The van der Waals surface area contributed by atoms with Gasteiger partial charge in [0.25, 0.3) is 0 Å². The second kappa shape index (κ2) is 6.63. The molecule has 17 heavy (non-hydrogen) atoms. The lowest BCUT2D eigenvalue weighted by atomic mass is 9.68. The minimum absolute atomic E-state index is 0.0933. The predicted octanol–water partition coefficient (Wildman–Crippen LogP) is 3.88. The smallest absolute Gasteiger partial charge is 0.312 e. The first-order chi connectivity index (χ1) is 8.15. The van der Waals surface area contributed by atoms with Gasteiger partial charge in [-0.2, -0.15) is 0 Å². The van der Waals surface area contributed by atoms with Gasteiger partial charge in [-0.25, -0.2) is 0 Å². The molecule has 96 valence electrons. The van der Waals surface area contributed by atoms with E-state index in [1.54, 1.807) is 6.08 Å². The molecule has 0 heterocycles. The van der Waals surface area contributed by atoms with E-state index in [1.807, 2.05) is 13.0 Å². The lowest BCUT2D eigenvalue weighted by Gasteiger charge is -2.37. The van der Waals surface area contributed by atoms with E-state index in [2.05, 4.69) is 13.2 Å². The highest BCUT2D eigenvalue weighted by atomic mass is 16.5. The van der Waals surface area contributed by atoms with Crippen LogP contribution in [0.4, 0.5) is 0 Å². The zero-order valence-corrected chi connectivity index (χ0v) is 10.9. The minimum atomic E-state index is -0.398. The van der Waals surface area contributed by atoms with E-state index >= 15 is 0 Å². The predicted molar refractivity (Wildman–Crippen MR) is 70.7 cm³/mol. The van der Waals surface area contributed by atoms with Crippen molar-refractivity contribution in [3.63, 3.8) is 0 Å². The fourth-order valence-electron chi connectivity index (χ4n) is 2.76. The van der Waals surface area contributed by atoms with Gasteiger partial charge in [-0.15, -0.1) is 6.58 Å². The Balaban J connectivity index is 2.74. The van der Waals surface area contributed by atoms with Gasteiger partial charge in [0.2, 0.25) is 0 Å². The Morgan fingerprint density at radius 3 is 2.47 bits per heavy atom. The van der Waals surface area contributed by atoms with Crippen molar-refractivity contribution in [2.75, 3.05) is 6.61 Å². The number of rotatable bonds is 6. The lowest BCUT2D eigenvalue weighted by Crippen LogP contribution is -2.38. The van der Waals surface area contributed by atoms with Crippen LogP contribution in [0.1, 0.15) is 45.4 Å². The van der Waals surface area contributed by atoms with E-state index in [4.69, 9.17) is 4.74 Å². The van der Waals surface area contributed by atoms with Crippen LogP contribution < -0.4 is 0 Å². The van der Waals surface area contributed by atoms with Crippen LogP contribution in [0, 0.1) is 11.3 Å². The number of carbonyl (C=O) groups excluding carboxylic acids is 1. The van der Waals surface area contributed by atoms with E-state index in [0.29, 0.717) is 18.9 Å². The standard InChI is InChI=1S/C15H24O2/c1-4-11-15(3,14(16)17-12-5-2)13-9-7-6-8-10-13/h4-5,13H,1-2,6-12H2,3H3. The molecule has 0 aliphatic heterocycles. The normalized spacial score (nSPS) is 20.3. The van der Waals surface area contributed by atoms with Gasteiger partial charge in [-0.3, -0.25) is 4.79 Å². The van der Waals surface area contributed by atoms with E-state index < -0.39 is 5.41 Å². The van der Waals surface area contributed by atoms with Crippen LogP contribution in [0.15, 0.2) is 25.3 Å². The molecular formula is C15H24O2. The maximum atomic E-state index is 12.2. The van der Waals surface area contributed by atoms with Crippen molar-refractivity contribution in [3.05, 3.63) is 25.3 Å². The highest BCUT2D eigenvalue weighted by molar-refractivity contribution is 5.77. The topological polar surface area (TPSA) is 26.3 Å². The number of allylic oxidation sites excluding steroid dienone is 1. The largest absolute Gasteiger partial charge is 0.461 e. The molecule has 1 atom stereocenters. The highest BCUT2D eigenvalue weighted by Gasteiger charge is 2.41. The van der Waals surface area contributed by atoms with Crippen molar-refractivity contribution in [3.8, 4) is 0 Å². The van der Waals surface area contributed by atoms with E-state index in [1.165, 1.54) is 19.3 Å². The maximum absolute atomic E-state index is 12.2. The number of carbonyl (C=O) groups is 1. The summed E-state index contributed by atoms with van der Waals surface area (Å²) in [5.41, 5.74) is -0.398. The van der Waals surface area contributed by atoms with Crippen molar-refractivity contribution in [2.24, 2.45) is 11.3 Å². The third-order valence-electron chi connectivity index (χ3n) is 3.87. The highest BCUT2D eigenvalue weighted by Crippen LogP contribution is 2.42. The van der Waals surface area contributed by atoms with Crippen molar-refractivity contribution in [2.45, 2.75) is 45.4 Å². The molecule has 0 N–H and O–H groups in total. The van der Waals surface area contributed by atoms with Crippen LogP contribution in [0.2, 0.25) is 0 Å². The molecule has 1 aliphatic rings. The van der Waals surface area contributed by atoms with Crippen molar-refractivity contribution >= 4 is 5.97 Å². The van der Waals surface area contributed by atoms with Gasteiger partial charge in [0.15, 0.2) is 0 Å². The second-order valence-electron chi connectivity index (χ2n) is 5.13. The Hall–Kier alpha value is -1.05. The molecule has 0 saturated heterocycles. The monoisotopic (exact) mass is 236 g/mol. The maximum Gasteiger partial charge on any atom is 0.312 e. The Morgan fingerprint density at radius 2 is 1.94 bits per heavy atom. The minimum Gasteiger partial charge on any atom is -0.461 e. The fourth-order valence-corrected chi connectivity index (χ4v) is 2.76. The van der Waals surface area contributed by atoms with Crippen LogP contribution in [-0.4, -0.2) is 12.6 Å². The number of esters is 1. The van der Waals surface area contributed by atoms with E-state index in [0.717, 1.165) is 12.8 Å². The molecule has 0 bridgehead atoms. The Labute approximate surface area is 105 Å². The molecule has 1 saturated carbocycles. The van der Waals surface area contributed by atoms with E-state index in [-0.39, 0.29) is 5.97 Å². The molecule has 1 unspecified atom stereocenters. The van der Waals surface area contributed by atoms with Crippen molar-refractivity contribution in [1.29, 1.82) is 0 Å².